The van der Waals surface area contributed by atoms with E-state index in [1.54, 1.807) is 0 Å². The Bertz CT molecular complexity index is 234. The van der Waals surface area contributed by atoms with Gasteiger partial charge in [0, 0.05) is 13.1 Å². The molecule has 0 radical (unpaired) electrons. The quantitative estimate of drug-likeness (QED) is 0.707. The summed E-state index contributed by atoms with van der Waals surface area (Å²) < 4.78 is 5.17. The highest BCUT2D eigenvalue weighted by atomic mass is 16.5. The number of rotatable bonds is 2. The summed E-state index contributed by atoms with van der Waals surface area (Å²) in [7, 11) is 0. The van der Waals surface area contributed by atoms with Crippen LogP contribution in [-0.4, -0.2) is 25.7 Å². The van der Waals surface area contributed by atoms with Gasteiger partial charge in [-0.15, -0.1) is 0 Å². The molecule has 2 aliphatic rings. The summed E-state index contributed by atoms with van der Waals surface area (Å²) in [5.41, 5.74) is 0.227. The van der Waals surface area contributed by atoms with E-state index in [9.17, 15) is 4.79 Å². The van der Waals surface area contributed by atoms with Gasteiger partial charge in [0.25, 0.3) is 0 Å². The van der Waals surface area contributed by atoms with Gasteiger partial charge in [-0.3, -0.25) is 4.79 Å². The predicted octanol–water partition coefficient (Wildman–Crippen LogP) is 1.72. The molecule has 86 valence electrons. The summed E-state index contributed by atoms with van der Waals surface area (Å²) in [6.07, 6.45) is 6.28. The summed E-state index contributed by atoms with van der Waals surface area (Å²) in [5.74, 6) is 0.127. The lowest BCUT2D eigenvalue weighted by Crippen LogP contribution is -2.37. The van der Waals surface area contributed by atoms with Crippen LogP contribution in [0.5, 0.6) is 0 Å². The lowest BCUT2D eigenvalue weighted by molar-refractivity contribution is -0.151. The second kappa shape index (κ2) is 4.52. The third-order valence-electron chi connectivity index (χ3n) is 3.99. The van der Waals surface area contributed by atoms with E-state index in [0.29, 0.717) is 6.61 Å². The first kappa shape index (κ1) is 10.9. The molecule has 1 aliphatic carbocycles. The average molecular weight is 211 g/mol. The van der Waals surface area contributed by atoms with Gasteiger partial charge >= 0.3 is 5.97 Å². The van der Waals surface area contributed by atoms with E-state index >= 15 is 0 Å². The van der Waals surface area contributed by atoms with Crippen LogP contribution in [0, 0.1) is 11.3 Å². The van der Waals surface area contributed by atoms with Crippen LogP contribution in [0.3, 0.4) is 0 Å². The number of ether oxygens (including phenoxy) is 1. The minimum absolute atomic E-state index is 0.0180. The molecule has 1 N–H and O–H groups in total. The van der Waals surface area contributed by atoms with E-state index in [1.165, 1.54) is 32.1 Å². The average Bonchev–Trinajstić information content (AvgIpc) is 2.63. The summed E-state index contributed by atoms with van der Waals surface area (Å²) in [4.78, 5) is 11.9. The maximum atomic E-state index is 11.9. The second-order valence-electron chi connectivity index (χ2n) is 4.86. The lowest BCUT2D eigenvalue weighted by atomic mass is 9.68. The molecule has 1 heterocycles. The molecule has 3 nitrogen and oxygen atoms in total. The van der Waals surface area contributed by atoms with Gasteiger partial charge in [0.05, 0.1) is 12.5 Å². The monoisotopic (exact) mass is 211 g/mol. The maximum absolute atomic E-state index is 11.9. The van der Waals surface area contributed by atoms with E-state index in [0.717, 1.165) is 13.1 Å². The number of hydrogen-bond donors (Lipinski definition) is 1. The fourth-order valence-electron chi connectivity index (χ4n) is 3.16. The van der Waals surface area contributed by atoms with Crippen molar-refractivity contribution < 1.29 is 9.53 Å². The molecule has 1 aliphatic heterocycles. The topological polar surface area (TPSA) is 38.3 Å². The van der Waals surface area contributed by atoms with Crippen molar-refractivity contribution in [1.82, 2.24) is 5.32 Å². The third-order valence-corrected chi connectivity index (χ3v) is 3.99. The molecule has 15 heavy (non-hydrogen) atoms. The normalized spacial score (nSPS) is 29.3. The Hall–Kier alpha value is -0.570. The van der Waals surface area contributed by atoms with E-state index in [-0.39, 0.29) is 17.3 Å². The van der Waals surface area contributed by atoms with Gasteiger partial charge in [0.15, 0.2) is 0 Å². The van der Waals surface area contributed by atoms with Crippen LogP contribution in [0.2, 0.25) is 0 Å². The molecule has 1 saturated carbocycles. The molecule has 0 aromatic carbocycles. The zero-order chi connectivity index (χ0) is 10.7. The first-order valence-electron chi connectivity index (χ1n) is 6.16. The zero-order valence-electron chi connectivity index (χ0n) is 9.55. The Balaban J connectivity index is 2.06. The smallest absolute Gasteiger partial charge is 0.310 e. The molecule has 1 unspecified atom stereocenters. The molecule has 0 amide bonds. The molecule has 0 aromatic heterocycles. The van der Waals surface area contributed by atoms with Crippen molar-refractivity contribution in [2.24, 2.45) is 11.3 Å². The highest BCUT2D eigenvalue weighted by Gasteiger charge is 2.47. The molecular formula is C12H21NO2. The molecule has 2 fully saturated rings. The fourth-order valence-corrected chi connectivity index (χ4v) is 3.16. The fraction of sp³-hybridized carbons (Fsp3) is 0.917. The summed E-state index contributed by atoms with van der Waals surface area (Å²) in [5, 5.41) is 3.37. The van der Waals surface area contributed by atoms with Gasteiger partial charge in [-0.25, -0.2) is 0 Å². The van der Waals surface area contributed by atoms with Crippen LogP contribution < -0.4 is 5.32 Å². The van der Waals surface area contributed by atoms with E-state index in [1.807, 2.05) is 6.92 Å². The Labute approximate surface area is 91.6 Å². The van der Waals surface area contributed by atoms with E-state index in [4.69, 9.17) is 4.74 Å². The van der Waals surface area contributed by atoms with Gasteiger partial charge in [-0.1, -0.05) is 19.3 Å². The van der Waals surface area contributed by atoms with Gasteiger partial charge in [0.2, 0.25) is 0 Å². The second-order valence-corrected chi connectivity index (χ2v) is 4.86. The minimum atomic E-state index is 0.0180. The molecule has 2 rings (SSSR count). The summed E-state index contributed by atoms with van der Waals surface area (Å²) >= 11 is 0. The third kappa shape index (κ3) is 2.03. The summed E-state index contributed by atoms with van der Waals surface area (Å²) in [6.45, 7) is 4.22. The van der Waals surface area contributed by atoms with Gasteiger partial charge in [-0.2, -0.15) is 0 Å². The Morgan fingerprint density at radius 3 is 2.80 bits per heavy atom. The first-order chi connectivity index (χ1) is 7.28. The van der Waals surface area contributed by atoms with Gasteiger partial charge in [-0.05, 0) is 25.2 Å². The number of carbonyl (C=O) groups excluding carboxylic acids is 1. The SMILES string of the molecule is CCOC(=O)C1CNCC12CCCCC2. The zero-order valence-corrected chi connectivity index (χ0v) is 9.55. The van der Waals surface area contributed by atoms with Crippen molar-refractivity contribution in [2.45, 2.75) is 39.0 Å². The van der Waals surface area contributed by atoms with Gasteiger partial charge in [0.1, 0.15) is 0 Å². The van der Waals surface area contributed by atoms with Crippen molar-refractivity contribution in [1.29, 1.82) is 0 Å². The number of esters is 1. The number of hydrogen-bond acceptors (Lipinski definition) is 3. The van der Waals surface area contributed by atoms with E-state index in [2.05, 4.69) is 5.32 Å². The summed E-state index contributed by atoms with van der Waals surface area (Å²) in [6, 6.07) is 0. The van der Waals surface area contributed by atoms with Crippen LogP contribution in [0.1, 0.15) is 39.0 Å². The van der Waals surface area contributed by atoms with Crippen LogP contribution in [0.15, 0.2) is 0 Å². The van der Waals surface area contributed by atoms with Crippen molar-refractivity contribution in [3.63, 3.8) is 0 Å². The van der Waals surface area contributed by atoms with Crippen LogP contribution in [-0.2, 0) is 9.53 Å². The molecule has 0 aromatic rings. The minimum Gasteiger partial charge on any atom is -0.466 e. The molecule has 0 bridgehead atoms. The van der Waals surface area contributed by atoms with Crippen LogP contribution >= 0.6 is 0 Å². The molecule has 1 atom stereocenters. The molecule has 1 saturated heterocycles. The van der Waals surface area contributed by atoms with Crippen LogP contribution in [0.25, 0.3) is 0 Å². The van der Waals surface area contributed by atoms with Crippen molar-refractivity contribution in [3.05, 3.63) is 0 Å². The highest BCUT2D eigenvalue weighted by molar-refractivity contribution is 5.74. The molecule has 1 spiro atoms. The molecular weight excluding hydrogens is 190 g/mol. The molecule has 3 heteroatoms. The maximum Gasteiger partial charge on any atom is 0.310 e. The van der Waals surface area contributed by atoms with Gasteiger partial charge < -0.3 is 10.1 Å². The Morgan fingerprint density at radius 1 is 1.40 bits per heavy atom. The number of carbonyl (C=O) groups is 1. The standard InChI is InChI=1S/C12H21NO2/c1-2-15-11(14)10-8-13-9-12(10)6-4-3-5-7-12/h10,13H,2-9H2,1H3. The first-order valence-corrected chi connectivity index (χ1v) is 6.16. The van der Waals surface area contributed by atoms with E-state index < -0.39 is 0 Å². The highest BCUT2D eigenvalue weighted by Crippen LogP contribution is 2.45. The Morgan fingerprint density at radius 2 is 2.13 bits per heavy atom. The lowest BCUT2D eigenvalue weighted by Gasteiger charge is -2.36. The largest absolute Gasteiger partial charge is 0.466 e. The van der Waals surface area contributed by atoms with Crippen molar-refractivity contribution in [3.8, 4) is 0 Å². The Kier molecular flexibility index (Phi) is 3.29. The number of nitrogens with one attached hydrogen (secondary N) is 1. The van der Waals surface area contributed by atoms with Crippen molar-refractivity contribution >= 4 is 5.97 Å². The van der Waals surface area contributed by atoms with Crippen LogP contribution in [0.4, 0.5) is 0 Å². The predicted molar refractivity (Wildman–Crippen MR) is 58.5 cm³/mol. The van der Waals surface area contributed by atoms with Crippen molar-refractivity contribution in [2.75, 3.05) is 19.7 Å².